The minimum atomic E-state index is -0.214. The molecule has 0 heterocycles. The Hall–Kier alpha value is -1.12. The van der Waals surface area contributed by atoms with E-state index in [2.05, 4.69) is 36.4 Å². The lowest BCUT2D eigenvalue weighted by Crippen LogP contribution is -2.43. The van der Waals surface area contributed by atoms with Crippen molar-refractivity contribution in [3.8, 4) is 0 Å². The molecule has 3 aliphatic rings. The molecule has 1 unspecified atom stereocenters. The summed E-state index contributed by atoms with van der Waals surface area (Å²) in [7, 11) is 0. The molecule has 1 fully saturated rings. The van der Waals surface area contributed by atoms with Crippen LogP contribution in [0.1, 0.15) is 38.2 Å². The zero-order valence-corrected chi connectivity index (χ0v) is 12.9. The van der Waals surface area contributed by atoms with Gasteiger partial charge in [-0.1, -0.05) is 42.5 Å². The Kier molecular flexibility index (Phi) is 4.46. The molecule has 1 aromatic rings. The first-order chi connectivity index (χ1) is 10.2. The fraction of sp³-hybridized carbons (Fsp3) is 0.579. The van der Waals surface area contributed by atoms with Crippen LogP contribution in [0.15, 0.2) is 42.5 Å². The lowest BCUT2D eigenvalue weighted by Gasteiger charge is -2.48. The van der Waals surface area contributed by atoms with Gasteiger partial charge in [-0.3, -0.25) is 0 Å². The van der Waals surface area contributed by atoms with Crippen molar-refractivity contribution in [2.24, 2.45) is 17.3 Å². The monoisotopic (exact) mass is 286 g/mol. The van der Waals surface area contributed by atoms with E-state index in [1.54, 1.807) is 0 Å². The van der Waals surface area contributed by atoms with E-state index in [4.69, 9.17) is 4.74 Å². The second-order valence-corrected chi connectivity index (χ2v) is 6.89. The van der Waals surface area contributed by atoms with Crippen LogP contribution in [0.2, 0.25) is 0 Å². The number of ether oxygens (including phenoxy) is 1. The molecule has 0 aliphatic heterocycles. The van der Waals surface area contributed by atoms with Crippen LogP contribution in [0.4, 0.5) is 0 Å². The average molecular weight is 286 g/mol. The molecule has 4 rings (SSSR count). The summed E-state index contributed by atoms with van der Waals surface area (Å²) in [5.41, 5.74) is 1.38. The summed E-state index contributed by atoms with van der Waals surface area (Å²) in [6.07, 6.45) is 9.16. The van der Waals surface area contributed by atoms with Crippen molar-refractivity contribution in [1.29, 1.82) is 0 Å². The molecule has 2 bridgehead atoms. The molecule has 0 radical (unpaired) electrons. The Morgan fingerprint density at radius 3 is 2.81 bits per heavy atom. The van der Waals surface area contributed by atoms with E-state index >= 15 is 0 Å². The van der Waals surface area contributed by atoms with Gasteiger partial charge in [0.1, 0.15) is 0 Å². The van der Waals surface area contributed by atoms with E-state index in [9.17, 15) is 5.11 Å². The van der Waals surface area contributed by atoms with Gasteiger partial charge in [0.25, 0.3) is 0 Å². The number of hydrogen-bond donors (Lipinski definition) is 1. The van der Waals surface area contributed by atoms with Gasteiger partial charge in [0.2, 0.25) is 0 Å². The van der Waals surface area contributed by atoms with Crippen molar-refractivity contribution in [1.82, 2.24) is 0 Å². The summed E-state index contributed by atoms with van der Waals surface area (Å²) in [5.74, 6) is 1.29. The highest BCUT2D eigenvalue weighted by Gasteiger charge is 2.44. The average Bonchev–Trinajstić information content (AvgIpc) is 2.49. The molecule has 2 nitrogen and oxygen atoms in total. The predicted octanol–water partition coefficient (Wildman–Crippen LogP) is 3.95. The summed E-state index contributed by atoms with van der Waals surface area (Å²) in [6.45, 7) is 3.37. The van der Waals surface area contributed by atoms with Crippen molar-refractivity contribution < 1.29 is 9.84 Å². The number of fused-ring (bicyclic) bond motifs is 2. The van der Waals surface area contributed by atoms with E-state index in [-0.39, 0.29) is 11.5 Å². The topological polar surface area (TPSA) is 29.5 Å². The zero-order valence-electron chi connectivity index (χ0n) is 12.9. The molecule has 1 aromatic carbocycles. The lowest BCUT2D eigenvalue weighted by atomic mass is 9.58. The van der Waals surface area contributed by atoms with Crippen LogP contribution in [0.5, 0.6) is 0 Å². The van der Waals surface area contributed by atoms with Crippen molar-refractivity contribution in [2.75, 3.05) is 6.61 Å². The van der Waals surface area contributed by atoms with Gasteiger partial charge in [-0.25, -0.2) is 0 Å². The van der Waals surface area contributed by atoms with Crippen molar-refractivity contribution >= 4 is 0 Å². The SMILES string of the molecule is CC(O)C[C@@H]1C[C@@H]2C=C[C@@]1(COCc1ccccc1)CC2. The third-order valence-corrected chi connectivity index (χ3v) is 5.19. The summed E-state index contributed by atoms with van der Waals surface area (Å²) in [6, 6.07) is 10.4. The molecule has 2 heteroatoms. The van der Waals surface area contributed by atoms with Gasteiger partial charge < -0.3 is 9.84 Å². The summed E-state index contributed by atoms with van der Waals surface area (Å²) in [4.78, 5) is 0. The maximum atomic E-state index is 9.79. The minimum Gasteiger partial charge on any atom is -0.393 e. The van der Waals surface area contributed by atoms with Crippen LogP contribution in [0, 0.1) is 17.3 Å². The first-order valence-corrected chi connectivity index (χ1v) is 8.17. The Morgan fingerprint density at radius 1 is 1.33 bits per heavy atom. The van der Waals surface area contributed by atoms with Crippen LogP contribution in [-0.4, -0.2) is 17.8 Å². The molecule has 4 atom stereocenters. The molecule has 1 N–H and O–H groups in total. The third kappa shape index (κ3) is 3.38. The van der Waals surface area contributed by atoms with Gasteiger partial charge in [0, 0.05) is 5.41 Å². The number of aliphatic hydroxyl groups is 1. The van der Waals surface area contributed by atoms with Gasteiger partial charge in [-0.05, 0) is 50.0 Å². The fourth-order valence-electron chi connectivity index (χ4n) is 4.01. The number of benzene rings is 1. The Balaban J connectivity index is 1.63. The van der Waals surface area contributed by atoms with Crippen molar-refractivity contribution in [3.63, 3.8) is 0 Å². The molecule has 3 aliphatic carbocycles. The lowest BCUT2D eigenvalue weighted by molar-refractivity contribution is -0.0254. The molecule has 1 saturated carbocycles. The van der Waals surface area contributed by atoms with Crippen LogP contribution < -0.4 is 0 Å². The Morgan fingerprint density at radius 2 is 2.14 bits per heavy atom. The summed E-state index contributed by atoms with van der Waals surface area (Å²) in [5, 5.41) is 9.79. The maximum absolute atomic E-state index is 9.79. The molecule has 0 amide bonds. The third-order valence-electron chi connectivity index (χ3n) is 5.19. The van der Waals surface area contributed by atoms with Gasteiger partial charge in [-0.15, -0.1) is 0 Å². The largest absolute Gasteiger partial charge is 0.393 e. The highest BCUT2D eigenvalue weighted by molar-refractivity contribution is 5.16. The Labute approximate surface area is 127 Å². The van der Waals surface area contributed by atoms with Crippen molar-refractivity contribution in [3.05, 3.63) is 48.0 Å². The molecular formula is C19H26O2. The highest BCUT2D eigenvalue weighted by atomic mass is 16.5. The van der Waals surface area contributed by atoms with Gasteiger partial charge in [-0.2, -0.15) is 0 Å². The highest BCUT2D eigenvalue weighted by Crippen LogP contribution is 2.51. The second-order valence-electron chi connectivity index (χ2n) is 6.89. The van der Waals surface area contributed by atoms with Crippen LogP contribution in [-0.2, 0) is 11.3 Å². The van der Waals surface area contributed by atoms with Gasteiger partial charge in [0.15, 0.2) is 0 Å². The maximum Gasteiger partial charge on any atom is 0.0717 e. The quantitative estimate of drug-likeness (QED) is 0.802. The first-order valence-electron chi connectivity index (χ1n) is 8.17. The summed E-state index contributed by atoms with van der Waals surface area (Å²) < 4.78 is 6.06. The van der Waals surface area contributed by atoms with E-state index in [0.29, 0.717) is 12.5 Å². The Bertz CT molecular complexity index is 480. The molecule has 114 valence electrons. The number of aliphatic hydroxyl groups excluding tert-OH is 1. The van der Waals surface area contributed by atoms with E-state index in [0.717, 1.165) is 18.9 Å². The van der Waals surface area contributed by atoms with E-state index < -0.39 is 0 Å². The van der Waals surface area contributed by atoms with Crippen LogP contribution in [0.3, 0.4) is 0 Å². The normalized spacial score (nSPS) is 32.3. The standard InChI is InChI=1S/C19H26O2/c1-15(20)11-18-12-16-7-9-19(18,10-8-16)14-21-13-17-5-3-2-4-6-17/h2-7,9,15-16,18,20H,8,10-14H2,1H3/t15?,16-,18-,19+/m1/s1. The second kappa shape index (κ2) is 6.33. The van der Waals surface area contributed by atoms with Gasteiger partial charge in [0.05, 0.1) is 19.3 Å². The molecule has 0 saturated heterocycles. The number of allylic oxidation sites excluding steroid dienone is 1. The molecule has 0 aromatic heterocycles. The van der Waals surface area contributed by atoms with Crippen molar-refractivity contribution in [2.45, 2.75) is 45.3 Å². The molecule has 21 heavy (non-hydrogen) atoms. The van der Waals surface area contributed by atoms with E-state index in [1.807, 2.05) is 13.0 Å². The first kappa shape index (κ1) is 14.8. The predicted molar refractivity (Wildman–Crippen MR) is 84.8 cm³/mol. The number of rotatable bonds is 6. The minimum absolute atomic E-state index is 0.153. The zero-order chi connectivity index (χ0) is 14.7. The van der Waals surface area contributed by atoms with Crippen LogP contribution in [0.25, 0.3) is 0 Å². The number of hydrogen-bond acceptors (Lipinski definition) is 2. The molecular weight excluding hydrogens is 260 g/mol. The smallest absolute Gasteiger partial charge is 0.0717 e. The van der Waals surface area contributed by atoms with Gasteiger partial charge >= 0.3 is 0 Å². The summed E-state index contributed by atoms with van der Waals surface area (Å²) >= 11 is 0. The van der Waals surface area contributed by atoms with E-state index in [1.165, 1.54) is 24.8 Å². The fourth-order valence-corrected chi connectivity index (χ4v) is 4.01. The van der Waals surface area contributed by atoms with Crippen LogP contribution >= 0.6 is 0 Å². The molecule has 0 spiro atoms.